The lowest BCUT2D eigenvalue weighted by molar-refractivity contribution is -0.316. The van der Waals surface area contributed by atoms with Crippen LogP contribution in [-0.2, 0) is 4.74 Å². The van der Waals surface area contributed by atoms with E-state index >= 15 is 0 Å². The summed E-state index contributed by atoms with van der Waals surface area (Å²) >= 11 is 0. The first-order valence-electron chi connectivity index (χ1n) is 2.00. The molecule has 0 saturated heterocycles. The molecule has 0 aliphatic rings. The van der Waals surface area contributed by atoms with Gasteiger partial charge in [0, 0.05) is 6.42 Å². The Balaban J connectivity index is 3.36. The summed E-state index contributed by atoms with van der Waals surface area (Å²) in [5.74, 6) is -2.03. The van der Waals surface area contributed by atoms with Gasteiger partial charge in [-0.2, -0.15) is 0 Å². The number of aliphatic hydroxyl groups is 2. The highest BCUT2D eigenvalue weighted by Crippen LogP contribution is 2.03. The largest absolute Gasteiger partial charge is 0.343 e. The van der Waals surface area contributed by atoms with Gasteiger partial charge in [0.05, 0.1) is 7.11 Å². The number of ether oxygens (including phenoxy) is 1. The molecule has 0 aromatic rings. The van der Waals surface area contributed by atoms with E-state index in [-0.39, 0.29) is 6.42 Å². The second-order valence-corrected chi connectivity index (χ2v) is 1.24. The van der Waals surface area contributed by atoms with Gasteiger partial charge in [0.1, 0.15) is 0 Å². The molecule has 0 rings (SSSR count). The van der Waals surface area contributed by atoms with Crippen LogP contribution in [0, 0.1) is 7.11 Å². The van der Waals surface area contributed by atoms with Crippen molar-refractivity contribution in [3.8, 4) is 0 Å². The standard InChI is InChI=1S/C4H9O3/c1-3-4(5,6)7-2/h5-6H,2-3H2,1H3. The van der Waals surface area contributed by atoms with Gasteiger partial charge in [0.15, 0.2) is 0 Å². The average Bonchev–Trinajstić information content (AvgIpc) is 1.68. The summed E-state index contributed by atoms with van der Waals surface area (Å²) in [7, 11) is 2.83. The molecular formula is C4H9O3. The van der Waals surface area contributed by atoms with Gasteiger partial charge in [0.25, 0.3) is 5.97 Å². The Kier molecular flexibility index (Phi) is 2.22. The Morgan fingerprint density at radius 1 is 1.71 bits per heavy atom. The lowest BCUT2D eigenvalue weighted by Crippen LogP contribution is -2.27. The highest BCUT2D eigenvalue weighted by atomic mass is 16.8. The first-order chi connectivity index (χ1) is 3.12. The molecule has 2 N–H and O–H groups in total. The molecule has 0 amide bonds. The van der Waals surface area contributed by atoms with Gasteiger partial charge >= 0.3 is 0 Å². The highest BCUT2D eigenvalue weighted by molar-refractivity contribution is 4.42. The zero-order valence-electron chi connectivity index (χ0n) is 4.22. The molecule has 1 radical (unpaired) electrons. The van der Waals surface area contributed by atoms with E-state index in [4.69, 9.17) is 10.2 Å². The van der Waals surface area contributed by atoms with Crippen molar-refractivity contribution in [3.63, 3.8) is 0 Å². The van der Waals surface area contributed by atoms with Gasteiger partial charge in [-0.05, 0) is 0 Å². The van der Waals surface area contributed by atoms with Crippen LogP contribution in [0.15, 0.2) is 0 Å². The van der Waals surface area contributed by atoms with E-state index < -0.39 is 5.97 Å². The molecule has 0 spiro atoms. The van der Waals surface area contributed by atoms with Crippen LogP contribution >= 0.6 is 0 Å². The van der Waals surface area contributed by atoms with E-state index in [0.717, 1.165) is 0 Å². The molecule has 0 fully saturated rings. The minimum Gasteiger partial charge on any atom is -0.343 e. The van der Waals surface area contributed by atoms with Gasteiger partial charge in [-0.3, -0.25) is 0 Å². The van der Waals surface area contributed by atoms with Crippen LogP contribution in [-0.4, -0.2) is 16.2 Å². The fourth-order valence-corrected chi connectivity index (χ4v) is 0.102. The van der Waals surface area contributed by atoms with Crippen molar-refractivity contribution < 1.29 is 14.9 Å². The maximum absolute atomic E-state index is 8.40. The van der Waals surface area contributed by atoms with Gasteiger partial charge in [-0.15, -0.1) is 0 Å². The van der Waals surface area contributed by atoms with Crippen LogP contribution in [0.4, 0.5) is 0 Å². The lowest BCUT2D eigenvalue weighted by atomic mass is 10.4. The van der Waals surface area contributed by atoms with Crippen molar-refractivity contribution in [2.75, 3.05) is 0 Å². The van der Waals surface area contributed by atoms with E-state index in [1.54, 1.807) is 6.92 Å². The topological polar surface area (TPSA) is 49.7 Å². The van der Waals surface area contributed by atoms with Crippen molar-refractivity contribution >= 4 is 0 Å². The Hall–Kier alpha value is -0.120. The predicted octanol–water partition coefficient (Wildman–Crippen LogP) is -0.157. The van der Waals surface area contributed by atoms with Crippen LogP contribution in [0.25, 0.3) is 0 Å². The van der Waals surface area contributed by atoms with Gasteiger partial charge < -0.3 is 14.9 Å². The summed E-state index contributed by atoms with van der Waals surface area (Å²) in [4.78, 5) is 0. The average molecular weight is 105 g/mol. The van der Waals surface area contributed by atoms with Crippen molar-refractivity contribution in [3.05, 3.63) is 7.11 Å². The quantitative estimate of drug-likeness (QED) is 0.480. The molecule has 43 valence electrons. The number of rotatable bonds is 2. The number of hydrogen-bond donors (Lipinski definition) is 2. The minimum absolute atomic E-state index is 0.122. The molecule has 0 aromatic carbocycles. The van der Waals surface area contributed by atoms with Crippen LogP contribution in [0.5, 0.6) is 0 Å². The molecular weight excluding hydrogens is 96.0 g/mol. The first-order valence-corrected chi connectivity index (χ1v) is 2.00. The maximum atomic E-state index is 8.40. The predicted molar refractivity (Wildman–Crippen MR) is 23.9 cm³/mol. The van der Waals surface area contributed by atoms with Gasteiger partial charge in [-0.25, -0.2) is 0 Å². The summed E-state index contributed by atoms with van der Waals surface area (Å²) in [6.07, 6.45) is 0.122. The van der Waals surface area contributed by atoms with Crippen LogP contribution in [0.1, 0.15) is 13.3 Å². The summed E-state index contributed by atoms with van der Waals surface area (Å²) in [5, 5.41) is 16.8. The molecule has 0 aliphatic carbocycles. The molecule has 7 heavy (non-hydrogen) atoms. The van der Waals surface area contributed by atoms with Gasteiger partial charge in [0.2, 0.25) is 0 Å². The zero-order chi connectivity index (χ0) is 5.91. The molecule has 0 bridgehead atoms. The summed E-state index contributed by atoms with van der Waals surface area (Å²) in [6.45, 7) is 1.57. The Morgan fingerprint density at radius 2 is 2.14 bits per heavy atom. The Labute approximate surface area is 42.5 Å². The molecule has 3 nitrogen and oxygen atoms in total. The number of hydrogen-bond acceptors (Lipinski definition) is 3. The second kappa shape index (κ2) is 2.26. The van der Waals surface area contributed by atoms with Crippen molar-refractivity contribution in [1.29, 1.82) is 0 Å². The highest BCUT2D eigenvalue weighted by Gasteiger charge is 2.17. The van der Waals surface area contributed by atoms with Crippen LogP contribution in [0.2, 0.25) is 0 Å². The molecule has 0 aromatic heterocycles. The third-order valence-corrected chi connectivity index (χ3v) is 0.692. The normalized spacial score (nSPS) is 12.0. The fourth-order valence-electron chi connectivity index (χ4n) is 0.102. The molecule has 0 heterocycles. The van der Waals surface area contributed by atoms with Crippen molar-refractivity contribution in [2.45, 2.75) is 19.3 Å². The summed E-state index contributed by atoms with van der Waals surface area (Å²) in [5.41, 5.74) is 0. The van der Waals surface area contributed by atoms with E-state index in [2.05, 4.69) is 11.8 Å². The molecule has 0 saturated carbocycles. The van der Waals surface area contributed by atoms with E-state index in [1.807, 2.05) is 0 Å². The monoisotopic (exact) mass is 105 g/mol. The van der Waals surface area contributed by atoms with Crippen LogP contribution < -0.4 is 0 Å². The summed E-state index contributed by atoms with van der Waals surface area (Å²) < 4.78 is 3.95. The summed E-state index contributed by atoms with van der Waals surface area (Å²) in [6, 6.07) is 0. The SMILES string of the molecule is [CH2]OC(O)(O)CC. The third kappa shape index (κ3) is 2.56. The Bertz CT molecular complexity index is 44.9. The van der Waals surface area contributed by atoms with E-state index in [9.17, 15) is 0 Å². The molecule has 0 atom stereocenters. The van der Waals surface area contributed by atoms with Crippen molar-refractivity contribution in [2.24, 2.45) is 0 Å². The van der Waals surface area contributed by atoms with Crippen LogP contribution in [0.3, 0.4) is 0 Å². The molecule has 3 heteroatoms. The minimum atomic E-state index is -2.03. The lowest BCUT2D eigenvalue weighted by Gasteiger charge is -2.15. The van der Waals surface area contributed by atoms with Crippen molar-refractivity contribution in [1.82, 2.24) is 0 Å². The van der Waals surface area contributed by atoms with Gasteiger partial charge in [-0.1, -0.05) is 6.92 Å². The fraction of sp³-hybridized carbons (Fsp3) is 0.750. The van der Waals surface area contributed by atoms with E-state index in [0.29, 0.717) is 0 Å². The maximum Gasteiger partial charge on any atom is 0.277 e. The zero-order valence-corrected chi connectivity index (χ0v) is 4.22. The first kappa shape index (κ1) is 6.88. The molecule has 0 unspecified atom stereocenters. The second-order valence-electron chi connectivity index (χ2n) is 1.24. The van der Waals surface area contributed by atoms with E-state index in [1.165, 1.54) is 0 Å². The molecule has 0 aliphatic heterocycles. The third-order valence-electron chi connectivity index (χ3n) is 0.692. The Morgan fingerprint density at radius 3 is 2.14 bits per heavy atom. The smallest absolute Gasteiger partial charge is 0.277 e.